The Morgan fingerprint density at radius 1 is 0.971 bits per heavy atom. The summed E-state index contributed by atoms with van der Waals surface area (Å²) in [5.74, 6) is -1.23. The van der Waals surface area contributed by atoms with E-state index < -0.39 is 6.04 Å². The van der Waals surface area contributed by atoms with Crippen LogP contribution in [-0.2, 0) is 46.2 Å². The lowest BCUT2D eigenvalue weighted by Gasteiger charge is -2.34. The highest BCUT2D eigenvalue weighted by Gasteiger charge is 2.35. The summed E-state index contributed by atoms with van der Waals surface area (Å²) in [6.45, 7) is 4.26. The maximum absolute atomic E-state index is 12.8. The van der Waals surface area contributed by atoms with Crippen LogP contribution < -0.4 is 0 Å². The minimum absolute atomic E-state index is 0.0493. The van der Waals surface area contributed by atoms with Crippen molar-refractivity contribution >= 4 is 23.4 Å². The first-order valence-electron chi connectivity index (χ1n) is 12.0. The van der Waals surface area contributed by atoms with E-state index in [0.717, 1.165) is 24.0 Å². The number of aryl methyl sites for hydroxylation is 1. The summed E-state index contributed by atoms with van der Waals surface area (Å²) in [4.78, 5) is 52.2. The number of methoxy groups -OCH3 is 2. The third-order valence-corrected chi connectivity index (χ3v) is 6.51. The molecule has 1 amide bonds. The number of allylic oxidation sites excluding steroid dienone is 2. The zero-order valence-electron chi connectivity index (χ0n) is 20.8. The summed E-state index contributed by atoms with van der Waals surface area (Å²) in [6, 6.07) is 7.13. The number of benzene rings is 1. The number of ether oxygens (including phenoxy) is 3. The third-order valence-electron chi connectivity index (χ3n) is 6.51. The van der Waals surface area contributed by atoms with Crippen LogP contribution in [0.2, 0.25) is 0 Å². The van der Waals surface area contributed by atoms with Crippen LogP contribution in [0.1, 0.15) is 50.7 Å². The van der Waals surface area contributed by atoms with Crippen LogP contribution >= 0.6 is 0 Å². The molecule has 8 heteroatoms. The van der Waals surface area contributed by atoms with E-state index >= 15 is 0 Å². The van der Waals surface area contributed by atoms with E-state index in [4.69, 9.17) is 14.2 Å². The van der Waals surface area contributed by atoms with E-state index in [1.165, 1.54) is 14.2 Å². The number of rotatable bonds is 9. The zero-order chi connectivity index (χ0) is 25.5. The normalized spacial score (nSPS) is 18.6. The number of esters is 1. The Labute approximate surface area is 205 Å². The Morgan fingerprint density at radius 3 is 2.23 bits per heavy atom. The number of nitrogens with zero attached hydrogens (tertiary/aromatic N) is 1. The number of hydrogen-bond acceptors (Lipinski definition) is 7. The van der Waals surface area contributed by atoms with Crippen LogP contribution in [0, 0.1) is 0 Å². The molecule has 1 atom stereocenters. The van der Waals surface area contributed by atoms with Crippen molar-refractivity contribution in [2.24, 2.45) is 0 Å². The Bertz CT molecular complexity index is 1050. The Hall–Kier alpha value is -3.42. The second-order valence-electron chi connectivity index (χ2n) is 8.67. The van der Waals surface area contributed by atoms with Gasteiger partial charge in [-0.3, -0.25) is 14.4 Å². The largest absolute Gasteiger partial charge is 0.489 e. The number of amides is 1. The molecule has 8 nitrogen and oxygen atoms in total. The van der Waals surface area contributed by atoms with Gasteiger partial charge in [0.15, 0.2) is 0 Å². The molecule has 1 aromatic rings. The predicted octanol–water partition coefficient (Wildman–Crippen LogP) is 3.08. The van der Waals surface area contributed by atoms with Crippen LogP contribution in [0.15, 0.2) is 46.9 Å². The fraction of sp³-hybridized carbons (Fsp3) is 0.481. The second kappa shape index (κ2) is 11.8. The van der Waals surface area contributed by atoms with Gasteiger partial charge in [-0.2, -0.15) is 0 Å². The predicted molar refractivity (Wildman–Crippen MR) is 128 cm³/mol. The van der Waals surface area contributed by atoms with Crippen molar-refractivity contribution in [2.45, 2.75) is 58.4 Å². The molecular weight excluding hydrogens is 450 g/mol. The summed E-state index contributed by atoms with van der Waals surface area (Å²) in [6.07, 6.45) is 3.56. The minimum Gasteiger partial charge on any atom is -0.489 e. The summed E-state index contributed by atoms with van der Waals surface area (Å²) in [5.41, 5.74) is 2.57. The van der Waals surface area contributed by atoms with Gasteiger partial charge in [-0.05, 0) is 50.7 Å². The van der Waals surface area contributed by atoms with E-state index in [0.29, 0.717) is 43.6 Å². The standard InChI is InChI=1S/C27H33NO7/c1-5-35-27(32)21-8-6-7-15-28(21)22(29)14-13-18-9-11-19(12-10-18)16-20-17(2)23(30)25(33-3)26(34-4)24(20)31/h9-12,21H,5-8,13-16H2,1-4H3. The first kappa shape index (κ1) is 26.2. The first-order chi connectivity index (χ1) is 16.8. The van der Waals surface area contributed by atoms with Crippen molar-refractivity contribution in [1.29, 1.82) is 0 Å². The first-order valence-corrected chi connectivity index (χ1v) is 12.0. The van der Waals surface area contributed by atoms with Crippen LogP contribution in [0.4, 0.5) is 0 Å². The zero-order valence-corrected chi connectivity index (χ0v) is 20.8. The van der Waals surface area contributed by atoms with Gasteiger partial charge in [0, 0.05) is 30.5 Å². The van der Waals surface area contributed by atoms with Crippen molar-refractivity contribution in [3.05, 3.63) is 58.1 Å². The molecule has 0 aromatic heterocycles. The molecule has 0 N–H and O–H groups in total. The molecule has 0 radical (unpaired) electrons. The number of likely N-dealkylation sites (tertiary alicyclic amines) is 1. The van der Waals surface area contributed by atoms with Gasteiger partial charge >= 0.3 is 5.97 Å². The average molecular weight is 484 g/mol. The van der Waals surface area contributed by atoms with Crippen LogP contribution in [0.25, 0.3) is 0 Å². The quantitative estimate of drug-likeness (QED) is 0.393. The highest BCUT2D eigenvalue weighted by atomic mass is 16.5. The highest BCUT2D eigenvalue weighted by Crippen LogP contribution is 2.28. The fourth-order valence-corrected chi connectivity index (χ4v) is 4.54. The highest BCUT2D eigenvalue weighted by molar-refractivity contribution is 6.23. The summed E-state index contributed by atoms with van der Waals surface area (Å²) in [7, 11) is 2.68. The number of Topliss-reactive ketones (excluding diaryl/α,β-unsaturated/α-hetero) is 2. The lowest BCUT2D eigenvalue weighted by Crippen LogP contribution is -2.48. The lowest BCUT2D eigenvalue weighted by molar-refractivity contribution is -0.156. The molecule has 1 saturated heterocycles. The van der Waals surface area contributed by atoms with Crippen molar-refractivity contribution < 1.29 is 33.4 Å². The van der Waals surface area contributed by atoms with Gasteiger partial charge in [-0.1, -0.05) is 24.3 Å². The number of carbonyl (C=O) groups is 4. The van der Waals surface area contributed by atoms with Gasteiger partial charge in [-0.15, -0.1) is 0 Å². The molecule has 188 valence electrons. The van der Waals surface area contributed by atoms with Gasteiger partial charge in [-0.25, -0.2) is 4.79 Å². The average Bonchev–Trinajstić information content (AvgIpc) is 2.88. The molecule has 2 aliphatic rings. The number of carbonyl (C=O) groups excluding carboxylic acids is 4. The molecule has 0 saturated carbocycles. The Balaban J connectivity index is 1.63. The number of hydrogen-bond donors (Lipinski definition) is 0. The number of ketones is 2. The molecular formula is C27H33NO7. The second-order valence-corrected chi connectivity index (χ2v) is 8.67. The molecule has 0 spiro atoms. The maximum atomic E-state index is 12.8. The van der Waals surface area contributed by atoms with E-state index in [2.05, 4.69) is 0 Å². The van der Waals surface area contributed by atoms with E-state index in [9.17, 15) is 19.2 Å². The van der Waals surface area contributed by atoms with E-state index in [1.54, 1.807) is 18.7 Å². The molecule has 1 heterocycles. The molecule has 35 heavy (non-hydrogen) atoms. The van der Waals surface area contributed by atoms with E-state index in [1.807, 2.05) is 24.3 Å². The topological polar surface area (TPSA) is 99.2 Å². The smallest absolute Gasteiger partial charge is 0.328 e. The lowest BCUT2D eigenvalue weighted by atomic mass is 9.88. The van der Waals surface area contributed by atoms with Crippen LogP contribution in [0.5, 0.6) is 0 Å². The van der Waals surface area contributed by atoms with Gasteiger partial charge in [0.1, 0.15) is 6.04 Å². The van der Waals surface area contributed by atoms with Crippen molar-refractivity contribution in [3.8, 4) is 0 Å². The van der Waals surface area contributed by atoms with Crippen molar-refractivity contribution in [2.75, 3.05) is 27.4 Å². The maximum Gasteiger partial charge on any atom is 0.328 e. The van der Waals surface area contributed by atoms with Gasteiger partial charge < -0.3 is 19.1 Å². The number of piperidine rings is 1. The van der Waals surface area contributed by atoms with Crippen molar-refractivity contribution in [3.63, 3.8) is 0 Å². The molecule has 1 aromatic carbocycles. The van der Waals surface area contributed by atoms with Crippen LogP contribution in [-0.4, -0.2) is 61.8 Å². The van der Waals surface area contributed by atoms with Crippen LogP contribution in [0.3, 0.4) is 0 Å². The van der Waals surface area contributed by atoms with E-state index in [-0.39, 0.29) is 41.4 Å². The summed E-state index contributed by atoms with van der Waals surface area (Å²) < 4.78 is 15.4. The third kappa shape index (κ3) is 5.81. The molecule has 1 aliphatic carbocycles. The SMILES string of the molecule is CCOC(=O)C1CCCCN1C(=O)CCc1ccc(CC2=C(C)C(=O)C(OC)=C(OC)C2=O)cc1. The Morgan fingerprint density at radius 2 is 1.60 bits per heavy atom. The van der Waals surface area contributed by atoms with Crippen molar-refractivity contribution in [1.82, 2.24) is 4.90 Å². The molecule has 0 bridgehead atoms. The van der Waals surface area contributed by atoms with Gasteiger partial charge in [0.05, 0.1) is 20.8 Å². The molecule has 1 aliphatic heterocycles. The summed E-state index contributed by atoms with van der Waals surface area (Å²) >= 11 is 0. The van der Waals surface area contributed by atoms with Gasteiger partial charge in [0.2, 0.25) is 29.0 Å². The molecule has 1 unspecified atom stereocenters. The molecule has 1 fully saturated rings. The minimum atomic E-state index is -0.490. The fourth-order valence-electron chi connectivity index (χ4n) is 4.54. The summed E-state index contributed by atoms with van der Waals surface area (Å²) in [5, 5.41) is 0. The monoisotopic (exact) mass is 483 g/mol. The van der Waals surface area contributed by atoms with Gasteiger partial charge in [0.25, 0.3) is 0 Å². The Kier molecular flexibility index (Phi) is 8.84. The molecule has 3 rings (SSSR count).